The fraction of sp³-hybridized carbons (Fsp3) is 0.381. The Labute approximate surface area is 150 Å². The summed E-state index contributed by atoms with van der Waals surface area (Å²) < 4.78 is 0. The molecule has 1 aliphatic heterocycles. The number of nitrogens with zero attached hydrogens (tertiary/aromatic N) is 3. The van der Waals surface area contributed by atoms with Crippen molar-refractivity contribution in [3.05, 3.63) is 60.2 Å². The molecule has 4 heteroatoms. The first-order valence-corrected chi connectivity index (χ1v) is 8.95. The zero-order valence-electron chi connectivity index (χ0n) is 15.4. The molecule has 0 saturated carbocycles. The summed E-state index contributed by atoms with van der Waals surface area (Å²) in [6, 6.07) is 18.2. The summed E-state index contributed by atoms with van der Waals surface area (Å²) in [6.45, 7) is 7.90. The molecule has 1 atom stereocenters. The van der Waals surface area contributed by atoms with Crippen molar-refractivity contribution in [1.82, 2.24) is 4.90 Å². The lowest BCUT2D eigenvalue weighted by molar-refractivity contribution is -0.123. The van der Waals surface area contributed by atoms with E-state index in [-0.39, 0.29) is 11.9 Å². The van der Waals surface area contributed by atoms with Crippen molar-refractivity contribution in [1.29, 1.82) is 0 Å². The first kappa shape index (κ1) is 17.5. The lowest BCUT2D eigenvalue weighted by atomic mass is 10.1. The fourth-order valence-electron chi connectivity index (χ4n) is 3.48. The van der Waals surface area contributed by atoms with E-state index in [2.05, 4.69) is 41.0 Å². The van der Waals surface area contributed by atoms with Crippen LogP contribution in [0, 0.1) is 6.92 Å². The molecule has 0 N–H and O–H groups in total. The Morgan fingerprint density at radius 3 is 2.20 bits per heavy atom. The second-order valence-corrected chi connectivity index (χ2v) is 6.72. The Kier molecular flexibility index (Phi) is 5.39. The fourth-order valence-corrected chi connectivity index (χ4v) is 3.48. The molecule has 1 aliphatic rings. The second kappa shape index (κ2) is 7.70. The van der Waals surface area contributed by atoms with Crippen LogP contribution in [-0.2, 0) is 4.79 Å². The van der Waals surface area contributed by atoms with Crippen molar-refractivity contribution in [2.75, 3.05) is 43.0 Å². The van der Waals surface area contributed by atoms with Crippen LogP contribution in [0.15, 0.2) is 54.6 Å². The van der Waals surface area contributed by atoms with Crippen molar-refractivity contribution < 1.29 is 4.79 Å². The number of carbonyl (C=O) groups is 1. The molecule has 0 unspecified atom stereocenters. The van der Waals surface area contributed by atoms with E-state index in [1.54, 1.807) is 4.90 Å². The van der Waals surface area contributed by atoms with E-state index in [9.17, 15) is 4.79 Å². The number of aryl methyl sites for hydroxylation is 1. The van der Waals surface area contributed by atoms with E-state index in [1.807, 2.05) is 44.3 Å². The van der Waals surface area contributed by atoms with Gasteiger partial charge in [0.05, 0.1) is 6.04 Å². The number of anilines is 2. The van der Waals surface area contributed by atoms with Crippen molar-refractivity contribution in [2.24, 2.45) is 0 Å². The number of amides is 1. The summed E-state index contributed by atoms with van der Waals surface area (Å²) in [6.07, 6.45) is 0. The maximum Gasteiger partial charge on any atom is 0.243 e. The molecule has 2 aromatic rings. The zero-order chi connectivity index (χ0) is 17.8. The quantitative estimate of drug-likeness (QED) is 0.857. The minimum Gasteiger partial charge on any atom is -0.369 e. The van der Waals surface area contributed by atoms with Gasteiger partial charge >= 0.3 is 0 Å². The SMILES string of the molecule is Cc1ccccc1N1CCN([C@@H](C)C(=O)N(C)c2ccccc2)CC1. The van der Waals surface area contributed by atoms with Gasteiger partial charge in [0.15, 0.2) is 0 Å². The topological polar surface area (TPSA) is 26.8 Å². The van der Waals surface area contributed by atoms with Gasteiger partial charge in [-0.1, -0.05) is 36.4 Å². The lowest BCUT2D eigenvalue weighted by Crippen LogP contribution is -2.54. The molecule has 0 aromatic heterocycles. The minimum atomic E-state index is -0.107. The van der Waals surface area contributed by atoms with Crippen molar-refractivity contribution in [3.8, 4) is 0 Å². The van der Waals surface area contributed by atoms with Gasteiger partial charge in [0.1, 0.15) is 0 Å². The molecule has 0 radical (unpaired) electrons. The van der Waals surface area contributed by atoms with E-state index in [1.165, 1.54) is 11.3 Å². The number of likely N-dealkylation sites (N-methyl/N-ethyl adjacent to an activating group) is 1. The highest BCUT2D eigenvalue weighted by atomic mass is 16.2. The third-order valence-corrected chi connectivity index (χ3v) is 5.15. The number of para-hydroxylation sites is 2. The monoisotopic (exact) mass is 337 g/mol. The molecule has 1 amide bonds. The first-order chi connectivity index (χ1) is 12.1. The van der Waals surface area contributed by atoms with Gasteiger partial charge in [0.25, 0.3) is 0 Å². The van der Waals surface area contributed by atoms with Gasteiger partial charge in [-0.25, -0.2) is 0 Å². The number of benzene rings is 2. The molecule has 1 heterocycles. The Morgan fingerprint density at radius 1 is 0.960 bits per heavy atom. The van der Waals surface area contributed by atoms with Crippen LogP contribution in [-0.4, -0.2) is 50.1 Å². The zero-order valence-corrected chi connectivity index (χ0v) is 15.4. The van der Waals surface area contributed by atoms with Gasteiger partial charge < -0.3 is 9.80 Å². The largest absolute Gasteiger partial charge is 0.369 e. The molecule has 4 nitrogen and oxygen atoms in total. The number of hydrogen-bond donors (Lipinski definition) is 0. The predicted molar refractivity (Wildman–Crippen MR) is 104 cm³/mol. The second-order valence-electron chi connectivity index (χ2n) is 6.72. The summed E-state index contributed by atoms with van der Waals surface area (Å²) in [7, 11) is 1.86. The average molecular weight is 337 g/mol. The molecule has 1 fully saturated rings. The Hall–Kier alpha value is -2.33. The van der Waals surface area contributed by atoms with Gasteiger partial charge in [0.2, 0.25) is 5.91 Å². The van der Waals surface area contributed by atoms with Crippen LogP contribution in [0.4, 0.5) is 11.4 Å². The van der Waals surface area contributed by atoms with E-state index in [4.69, 9.17) is 0 Å². The van der Waals surface area contributed by atoms with Crippen LogP contribution in [0.2, 0.25) is 0 Å². The molecule has 0 aliphatic carbocycles. The summed E-state index contributed by atoms with van der Waals surface area (Å²) in [5, 5.41) is 0. The highest BCUT2D eigenvalue weighted by Crippen LogP contribution is 2.22. The van der Waals surface area contributed by atoms with Crippen LogP contribution in [0.1, 0.15) is 12.5 Å². The Morgan fingerprint density at radius 2 is 1.56 bits per heavy atom. The lowest BCUT2D eigenvalue weighted by Gasteiger charge is -2.39. The molecular weight excluding hydrogens is 310 g/mol. The highest BCUT2D eigenvalue weighted by Gasteiger charge is 2.28. The summed E-state index contributed by atoms with van der Waals surface area (Å²) in [5.74, 6) is 0.149. The normalized spacial score (nSPS) is 16.5. The first-order valence-electron chi connectivity index (χ1n) is 8.95. The van der Waals surface area contributed by atoms with Crippen molar-refractivity contribution >= 4 is 17.3 Å². The maximum absolute atomic E-state index is 12.8. The smallest absolute Gasteiger partial charge is 0.243 e. The van der Waals surface area contributed by atoms with Gasteiger partial charge in [0, 0.05) is 44.6 Å². The predicted octanol–water partition coefficient (Wildman–Crippen LogP) is 3.17. The third kappa shape index (κ3) is 3.85. The van der Waals surface area contributed by atoms with Gasteiger partial charge in [-0.3, -0.25) is 9.69 Å². The van der Waals surface area contributed by atoms with Gasteiger partial charge in [-0.2, -0.15) is 0 Å². The van der Waals surface area contributed by atoms with Crippen LogP contribution >= 0.6 is 0 Å². The summed E-state index contributed by atoms with van der Waals surface area (Å²) >= 11 is 0. The molecule has 0 bridgehead atoms. The highest BCUT2D eigenvalue weighted by molar-refractivity contribution is 5.96. The molecule has 0 spiro atoms. The van der Waals surface area contributed by atoms with E-state index in [0.717, 1.165) is 31.9 Å². The molecule has 25 heavy (non-hydrogen) atoms. The Balaban J connectivity index is 1.61. The molecule has 1 saturated heterocycles. The maximum atomic E-state index is 12.8. The van der Waals surface area contributed by atoms with Gasteiger partial charge in [-0.15, -0.1) is 0 Å². The number of hydrogen-bond acceptors (Lipinski definition) is 3. The van der Waals surface area contributed by atoms with Crippen molar-refractivity contribution in [3.63, 3.8) is 0 Å². The third-order valence-electron chi connectivity index (χ3n) is 5.15. The Bertz CT molecular complexity index is 708. The number of rotatable bonds is 4. The number of carbonyl (C=O) groups excluding carboxylic acids is 1. The van der Waals surface area contributed by atoms with Crippen LogP contribution in [0.25, 0.3) is 0 Å². The van der Waals surface area contributed by atoms with Crippen LogP contribution in [0.3, 0.4) is 0 Å². The standard InChI is InChI=1S/C21H27N3O/c1-17-9-7-8-12-20(17)24-15-13-23(14-16-24)18(2)21(25)22(3)19-10-5-4-6-11-19/h4-12,18H,13-16H2,1-3H3/t18-/m0/s1. The van der Waals surface area contributed by atoms with E-state index < -0.39 is 0 Å². The average Bonchev–Trinajstić information content (AvgIpc) is 2.67. The molecule has 3 rings (SSSR count). The molecule has 132 valence electrons. The van der Waals surface area contributed by atoms with Gasteiger partial charge in [-0.05, 0) is 37.6 Å². The minimum absolute atomic E-state index is 0.107. The van der Waals surface area contributed by atoms with Crippen LogP contribution < -0.4 is 9.80 Å². The summed E-state index contributed by atoms with van der Waals surface area (Å²) in [4.78, 5) is 19.3. The van der Waals surface area contributed by atoms with Crippen LogP contribution in [0.5, 0.6) is 0 Å². The van der Waals surface area contributed by atoms with Crippen molar-refractivity contribution in [2.45, 2.75) is 19.9 Å². The summed E-state index contributed by atoms with van der Waals surface area (Å²) in [5.41, 5.74) is 3.56. The molecule has 2 aromatic carbocycles. The molecular formula is C21H27N3O. The van der Waals surface area contributed by atoms with E-state index >= 15 is 0 Å². The number of piperazine rings is 1. The van der Waals surface area contributed by atoms with E-state index in [0.29, 0.717) is 0 Å².